The predicted octanol–water partition coefficient (Wildman–Crippen LogP) is 16.4. The molecule has 0 spiro atoms. The SMILES string of the molecule is CCC(C(=O)O)c1ccc([C@@H](CO)NC(=O)c2cc3c(Cl)c(OC)ccc3n2C)cc1.COc1cc2c(cc(C(=O)N[C@H](CO)c3ccc(C(=O)O)cc3C)n2C)c(Cl)c1C.COc1cc2c(cc(C(=O)N[C@H](CO)c3ccc(C(=O)O)cc3C)n2C)c(Cl)c1Cl.Cn1c(C(=O)NC(CF)c2ccc(C(=O)O)cc2)cc2c(Cl)c(Cl)ccc21.S.S.S. The molecule has 0 aliphatic carbocycles. The van der Waals surface area contributed by atoms with Crippen molar-refractivity contribution in [1.82, 2.24) is 39.5 Å². The number of aliphatic hydroxyl groups is 3. The third-order valence-electron chi connectivity index (χ3n) is 20.2. The van der Waals surface area contributed by atoms with E-state index in [0.29, 0.717) is 127 Å². The van der Waals surface area contributed by atoms with Gasteiger partial charge >= 0.3 is 23.9 Å². The van der Waals surface area contributed by atoms with Gasteiger partial charge in [0.15, 0.2) is 0 Å². The quantitative estimate of drug-likeness (QED) is 0.0253. The Kier molecular flexibility index (Phi) is 35.7. The van der Waals surface area contributed by atoms with Crippen LogP contribution in [-0.2, 0) is 33.0 Å². The molecule has 5 atom stereocenters. The van der Waals surface area contributed by atoms with E-state index in [0.717, 1.165) is 27.5 Å². The van der Waals surface area contributed by atoms with Crippen molar-refractivity contribution >= 4 is 201 Å². The van der Waals surface area contributed by atoms with Gasteiger partial charge in [-0.2, -0.15) is 40.5 Å². The molecule has 4 aromatic heterocycles. The Morgan fingerprint density at radius 3 is 1.12 bits per heavy atom. The summed E-state index contributed by atoms with van der Waals surface area (Å²) in [6, 6.07) is 35.8. The molecule has 0 aliphatic rings. The van der Waals surface area contributed by atoms with Gasteiger partial charge in [0.2, 0.25) is 0 Å². The summed E-state index contributed by atoms with van der Waals surface area (Å²) in [5.74, 6) is -4.75. The van der Waals surface area contributed by atoms with Gasteiger partial charge in [0.05, 0.1) is 130 Å². The lowest BCUT2D eigenvalue weighted by Crippen LogP contribution is -2.32. The summed E-state index contributed by atoms with van der Waals surface area (Å²) in [4.78, 5) is 96.2. The molecule has 4 heterocycles. The van der Waals surface area contributed by atoms with Crippen molar-refractivity contribution in [2.75, 3.05) is 47.8 Å². The van der Waals surface area contributed by atoms with Crippen molar-refractivity contribution in [1.29, 1.82) is 0 Å². The van der Waals surface area contributed by atoms with Gasteiger partial charge in [-0.15, -0.1) is 0 Å². The number of aliphatic carboxylic acids is 1. The molecule has 4 amide bonds. The highest BCUT2D eigenvalue weighted by Crippen LogP contribution is 2.42. The molecule has 36 heteroatoms. The average molecular weight is 1840 g/mol. The molecule has 26 nitrogen and oxygen atoms in total. The van der Waals surface area contributed by atoms with E-state index in [1.807, 2.05) is 26.0 Å². The Hall–Kier alpha value is -10.3. The number of hydrogen-bond acceptors (Lipinski definition) is 14. The number of aliphatic hydroxyl groups excluding tert-OH is 3. The van der Waals surface area contributed by atoms with E-state index >= 15 is 0 Å². The number of aryl methyl sites for hydroxylation is 6. The number of hydrogen-bond donors (Lipinski definition) is 11. The van der Waals surface area contributed by atoms with Crippen molar-refractivity contribution < 1.29 is 92.7 Å². The van der Waals surface area contributed by atoms with Crippen LogP contribution in [-0.4, -0.2) is 149 Å². The summed E-state index contributed by atoms with van der Waals surface area (Å²) in [5, 5.41) is 82.0. The minimum absolute atomic E-state index is 0. The molecule has 12 aromatic rings. The van der Waals surface area contributed by atoms with Crippen LogP contribution >= 0.6 is 110 Å². The molecule has 0 aliphatic heterocycles. The number of methoxy groups -OCH3 is 3. The molecule has 0 radical (unpaired) electrons. The Morgan fingerprint density at radius 1 is 0.388 bits per heavy atom. The lowest BCUT2D eigenvalue weighted by Gasteiger charge is -2.19. The van der Waals surface area contributed by atoms with Crippen LogP contribution in [0.15, 0.2) is 146 Å². The minimum Gasteiger partial charge on any atom is -0.496 e. The number of carbonyl (C=O) groups excluding carboxylic acids is 4. The number of carboxylic acids is 4. The van der Waals surface area contributed by atoms with E-state index in [-0.39, 0.29) is 98.9 Å². The van der Waals surface area contributed by atoms with Crippen LogP contribution in [0.25, 0.3) is 43.6 Å². The standard InChI is InChI=1S/C23H25ClN2O5.C22H23ClN2O5.C21H20Cl2N2O5.C19H15Cl2FN2O3.3H2S/c1-4-15(23(29)30)13-5-7-14(8-6-13)17(12-27)25-22(28)19-11-16-18(26(19)2)9-10-20(31-3)21(16)24;1-11-7-13(22(28)29)5-6-14(11)16(10-26)24-21(27)18-8-15-17(25(18)3)9-19(30-4)12(2)20(15)23;1-10-6-11(21(28)29)4-5-12(10)14(9-26)24-20(27)16-7-13-15(25(16)2)8-17(30-3)19(23)18(13)22;1-24-15-7-6-13(20)17(21)12(15)8-16(24)18(25)23-14(9-22)10-2-4-11(5-3-10)19(26)27;;;/h5-11,15,17,27H,4,12H2,1-3H3,(H,25,28)(H,29,30);5-9,16,26H,10H2,1-4H3,(H,24,27)(H,28,29);4-8,14,26H,9H2,1-3H3,(H,24,27)(H,28,29);2-8,14H,9H2,1H3,(H,23,25)(H,26,27);3*1H2/t15?,17-;16-;14-;;;;/m111..../s1. The molecule has 12 rings (SSSR count). The summed E-state index contributed by atoms with van der Waals surface area (Å²) in [6.45, 7) is 5.28. The van der Waals surface area contributed by atoms with E-state index in [2.05, 4.69) is 21.3 Å². The second-order valence-electron chi connectivity index (χ2n) is 27.2. The first-order valence-corrected chi connectivity index (χ1v) is 38.3. The van der Waals surface area contributed by atoms with Gasteiger partial charge in [-0.3, -0.25) is 24.0 Å². The lowest BCUT2D eigenvalue weighted by molar-refractivity contribution is -0.138. The molecule has 0 saturated carbocycles. The number of rotatable bonds is 25. The molecule has 8 aromatic carbocycles. The number of carbonyl (C=O) groups is 8. The van der Waals surface area contributed by atoms with E-state index in [9.17, 15) is 63.2 Å². The fraction of sp³-hybridized carbons (Fsp3) is 0.247. The van der Waals surface area contributed by atoms with Crippen molar-refractivity contribution in [3.8, 4) is 17.2 Å². The smallest absolute Gasteiger partial charge is 0.335 e. The van der Waals surface area contributed by atoms with Crippen LogP contribution in [0.3, 0.4) is 0 Å². The lowest BCUT2D eigenvalue weighted by atomic mass is 9.94. The number of nitrogens with zero attached hydrogens (tertiary/aromatic N) is 4. The van der Waals surface area contributed by atoms with E-state index in [1.165, 1.54) is 62.8 Å². The minimum atomic E-state index is -1.08. The monoisotopic (exact) mass is 1830 g/mol. The normalized spacial score (nSPS) is 12.0. The van der Waals surface area contributed by atoms with Crippen molar-refractivity contribution in [2.45, 2.75) is 64.2 Å². The van der Waals surface area contributed by atoms with Gasteiger partial charge in [0.1, 0.15) is 51.7 Å². The Balaban J connectivity index is 0.000000248. The van der Waals surface area contributed by atoms with Crippen LogP contribution in [0, 0.1) is 20.8 Å². The number of aromatic carboxylic acids is 3. The van der Waals surface area contributed by atoms with Crippen LogP contribution in [0.4, 0.5) is 4.39 Å². The molecular weight excluding hydrogens is 1750 g/mol. The fourth-order valence-corrected chi connectivity index (χ4v) is 15.0. The summed E-state index contributed by atoms with van der Waals surface area (Å²) in [7, 11) is 11.5. The summed E-state index contributed by atoms with van der Waals surface area (Å²) < 4.78 is 36.1. The largest absolute Gasteiger partial charge is 0.496 e. The molecule has 0 saturated heterocycles. The number of benzene rings is 8. The molecule has 121 heavy (non-hydrogen) atoms. The number of carboxylic acid groups (broad SMARTS) is 4. The fourth-order valence-electron chi connectivity index (χ4n) is 13.6. The van der Waals surface area contributed by atoms with Crippen LogP contribution < -0.4 is 35.5 Å². The van der Waals surface area contributed by atoms with E-state index < -0.39 is 72.5 Å². The highest BCUT2D eigenvalue weighted by molar-refractivity contribution is 7.59. The van der Waals surface area contributed by atoms with E-state index in [4.69, 9.17) is 99.1 Å². The molecule has 0 fully saturated rings. The number of nitrogens with one attached hydrogen (secondary N) is 4. The Bertz CT molecular complexity index is 5700. The zero-order valence-electron chi connectivity index (χ0n) is 66.8. The van der Waals surface area contributed by atoms with Crippen LogP contribution in [0.1, 0.15) is 161 Å². The summed E-state index contributed by atoms with van der Waals surface area (Å²) >= 11 is 37.6. The van der Waals surface area contributed by atoms with Gasteiger partial charge < -0.3 is 89.5 Å². The maximum Gasteiger partial charge on any atom is 0.335 e. The van der Waals surface area contributed by atoms with Gasteiger partial charge in [-0.1, -0.05) is 125 Å². The number of aromatic nitrogens is 4. The van der Waals surface area contributed by atoms with Crippen LogP contribution in [0.5, 0.6) is 17.2 Å². The second kappa shape index (κ2) is 43.4. The number of halogens is 7. The summed E-state index contributed by atoms with van der Waals surface area (Å²) in [5.41, 5.74) is 9.83. The van der Waals surface area contributed by atoms with Crippen molar-refractivity contribution in [3.63, 3.8) is 0 Å². The molecular formula is C85H89Cl6FN8O18S3. The Labute approximate surface area is 745 Å². The third kappa shape index (κ3) is 21.8. The second-order valence-corrected chi connectivity index (χ2v) is 29.5. The maximum atomic E-state index is 13.5. The predicted molar refractivity (Wildman–Crippen MR) is 482 cm³/mol. The van der Waals surface area contributed by atoms with Gasteiger partial charge in [-0.05, 0) is 151 Å². The first-order valence-electron chi connectivity index (χ1n) is 36.1. The first-order chi connectivity index (χ1) is 56.0. The van der Waals surface area contributed by atoms with Crippen molar-refractivity contribution in [2.24, 2.45) is 28.2 Å². The van der Waals surface area contributed by atoms with Gasteiger partial charge in [-0.25, -0.2) is 18.8 Å². The molecule has 0 bridgehead atoms. The zero-order valence-corrected chi connectivity index (χ0v) is 74.4. The van der Waals surface area contributed by atoms with Gasteiger partial charge in [0.25, 0.3) is 23.6 Å². The summed E-state index contributed by atoms with van der Waals surface area (Å²) in [6.07, 6.45) is 0.475. The van der Waals surface area contributed by atoms with Crippen LogP contribution in [0.2, 0.25) is 30.1 Å². The Morgan fingerprint density at radius 2 is 0.736 bits per heavy atom. The number of amides is 4. The van der Waals surface area contributed by atoms with E-state index in [1.54, 1.807) is 152 Å². The topological polar surface area (TPSA) is 374 Å². The third-order valence-corrected chi connectivity index (χ3v) is 22.8. The van der Waals surface area contributed by atoms with Crippen molar-refractivity contribution in [3.05, 3.63) is 260 Å². The molecule has 644 valence electrons. The first kappa shape index (κ1) is 99.5. The highest BCUT2D eigenvalue weighted by Gasteiger charge is 2.29. The zero-order chi connectivity index (χ0) is 86.7. The number of fused-ring (bicyclic) bond motifs is 4. The molecule has 11 N–H and O–H groups in total. The number of alkyl halides is 1. The average Bonchev–Trinajstić information content (AvgIpc) is 1.64. The van der Waals surface area contributed by atoms with Gasteiger partial charge in [0, 0.05) is 72.9 Å². The molecule has 2 unspecified atom stereocenters. The number of ether oxygens (including phenoxy) is 3. The highest BCUT2D eigenvalue weighted by atomic mass is 35.5. The maximum absolute atomic E-state index is 13.5.